The molecule has 0 atom stereocenters. The van der Waals surface area contributed by atoms with Crippen molar-refractivity contribution >= 4 is 39.7 Å². The van der Waals surface area contributed by atoms with Crippen LogP contribution in [0.2, 0.25) is 0 Å². The summed E-state index contributed by atoms with van der Waals surface area (Å²) >= 11 is 0. The van der Waals surface area contributed by atoms with E-state index in [9.17, 15) is 8.42 Å². The van der Waals surface area contributed by atoms with Crippen molar-refractivity contribution in [1.82, 2.24) is 9.97 Å². The summed E-state index contributed by atoms with van der Waals surface area (Å²) in [7, 11) is -3.23. The van der Waals surface area contributed by atoms with Crippen LogP contribution in [0.1, 0.15) is 0 Å². The molecule has 0 fully saturated rings. The van der Waals surface area contributed by atoms with Crippen molar-refractivity contribution in [1.29, 1.82) is 0 Å². The Bertz CT molecular complexity index is 676. The normalized spacial score (nSPS) is 10.6. The van der Waals surface area contributed by atoms with Crippen molar-refractivity contribution in [2.24, 2.45) is 0 Å². The molecule has 8 heteroatoms. The van der Waals surface area contributed by atoms with Gasteiger partial charge in [-0.2, -0.15) is 4.98 Å². The summed E-state index contributed by atoms with van der Waals surface area (Å²) in [4.78, 5) is 8.17. The third kappa shape index (κ3) is 4.08. The van der Waals surface area contributed by atoms with E-state index in [1.54, 1.807) is 18.2 Å². The van der Waals surface area contributed by atoms with Crippen LogP contribution in [0.3, 0.4) is 0 Å². The Kier molecular flexibility index (Phi) is 4.68. The molecule has 0 bridgehead atoms. The molecule has 1 heterocycles. The molecule has 6 nitrogen and oxygen atoms in total. The zero-order chi connectivity index (χ0) is 13.2. The van der Waals surface area contributed by atoms with Gasteiger partial charge in [-0.3, -0.25) is 0 Å². The SMILES string of the molecule is CS(=O)(=O)c1cccc(Nc2nccc(N)n2)c1.Cl. The number of nitrogens with two attached hydrogens (primary N) is 1. The van der Waals surface area contributed by atoms with Gasteiger partial charge in [0.25, 0.3) is 0 Å². The first-order valence-electron chi connectivity index (χ1n) is 5.11. The number of halogens is 1. The second-order valence-corrected chi connectivity index (χ2v) is 5.75. The molecular weight excluding hydrogens is 288 g/mol. The number of nitrogens with one attached hydrogen (secondary N) is 1. The first-order valence-corrected chi connectivity index (χ1v) is 7.00. The predicted octanol–water partition coefficient (Wildman–Crippen LogP) is 1.63. The maximum atomic E-state index is 11.4. The largest absolute Gasteiger partial charge is 0.384 e. The van der Waals surface area contributed by atoms with E-state index in [1.165, 1.54) is 18.3 Å². The van der Waals surface area contributed by atoms with Crippen LogP contribution in [0.5, 0.6) is 0 Å². The topological polar surface area (TPSA) is 98.0 Å². The average molecular weight is 301 g/mol. The van der Waals surface area contributed by atoms with Gasteiger partial charge in [0.05, 0.1) is 4.90 Å². The van der Waals surface area contributed by atoms with Crippen LogP contribution in [0, 0.1) is 0 Å². The van der Waals surface area contributed by atoms with Crippen LogP contribution in [0.4, 0.5) is 17.5 Å². The Morgan fingerprint density at radius 3 is 2.63 bits per heavy atom. The van der Waals surface area contributed by atoms with E-state index >= 15 is 0 Å². The Labute approximate surface area is 117 Å². The van der Waals surface area contributed by atoms with Crippen molar-refractivity contribution in [3.63, 3.8) is 0 Å². The average Bonchev–Trinajstić information content (AvgIpc) is 2.28. The fourth-order valence-corrected chi connectivity index (χ4v) is 2.03. The molecule has 2 rings (SSSR count). The fourth-order valence-electron chi connectivity index (χ4n) is 1.37. The third-order valence-electron chi connectivity index (χ3n) is 2.20. The molecule has 1 aromatic carbocycles. The number of hydrogen-bond donors (Lipinski definition) is 2. The molecule has 0 saturated heterocycles. The lowest BCUT2D eigenvalue weighted by Gasteiger charge is -2.06. The van der Waals surface area contributed by atoms with E-state index in [-0.39, 0.29) is 17.3 Å². The van der Waals surface area contributed by atoms with Gasteiger partial charge in [-0.1, -0.05) is 6.07 Å². The molecule has 0 radical (unpaired) electrons. The standard InChI is InChI=1S/C11H12N4O2S.ClH/c1-18(16,17)9-4-2-3-8(7-9)14-11-13-6-5-10(12)15-11;/h2-7H,1H3,(H3,12,13,14,15);1H. The molecule has 1 aromatic heterocycles. The summed E-state index contributed by atoms with van der Waals surface area (Å²) in [6.07, 6.45) is 2.67. The minimum Gasteiger partial charge on any atom is -0.384 e. The van der Waals surface area contributed by atoms with E-state index in [0.29, 0.717) is 17.5 Å². The second-order valence-electron chi connectivity index (χ2n) is 3.73. The monoisotopic (exact) mass is 300 g/mol. The molecule has 0 spiro atoms. The lowest BCUT2D eigenvalue weighted by molar-refractivity contribution is 0.602. The number of aromatic nitrogens is 2. The third-order valence-corrected chi connectivity index (χ3v) is 3.31. The van der Waals surface area contributed by atoms with Crippen LogP contribution >= 0.6 is 12.4 Å². The van der Waals surface area contributed by atoms with Crippen LogP contribution in [-0.4, -0.2) is 24.6 Å². The summed E-state index contributed by atoms with van der Waals surface area (Å²) in [5.74, 6) is 0.660. The van der Waals surface area contributed by atoms with Crippen molar-refractivity contribution in [2.75, 3.05) is 17.3 Å². The number of nitrogen functional groups attached to an aromatic ring is 1. The number of benzene rings is 1. The minimum absolute atomic E-state index is 0. The number of sulfone groups is 1. The van der Waals surface area contributed by atoms with Crippen molar-refractivity contribution in [3.05, 3.63) is 36.5 Å². The number of nitrogens with zero attached hydrogens (tertiary/aromatic N) is 2. The Morgan fingerprint density at radius 2 is 2.00 bits per heavy atom. The summed E-state index contributed by atoms with van der Waals surface area (Å²) in [5.41, 5.74) is 6.11. The second kappa shape index (κ2) is 5.85. The predicted molar refractivity (Wildman–Crippen MR) is 76.5 cm³/mol. The van der Waals surface area contributed by atoms with Gasteiger partial charge >= 0.3 is 0 Å². The lowest BCUT2D eigenvalue weighted by Crippen LogP contribution is -2.01. The van der Waals surface area contributed by atoms with Crippen molar-refractivity contribution < 1.29 is 8.42 Å². The molecule has 0 aliphatic carbocycles. The molecule has 102 valence electrons. The smallest absolute Gasteiger partial charge is 0.229 e. The highest BCUT2D eigenvalue weighted by molar-refractivity contribution is 7.90. The van der Waals surface area contributed by atoms with Gasteiger partial charge in [0.2, 0.25) is 5.95 Å². The molecule has 2 aromatic rings. The molecule has 0 amide bonds. The summed E-state index contributed by atoms with van der Waals surface area (Å²) in [5, 5.41) is 2.89. The first-order chi connectivity index (χ1) is 8.45. The van der Waals surface area contributed by atoms with Crippen molar-refractivity contribution in [3.8, 4) is 0 Å². The van der Waals surface area contributed by atoms with Gasteiger partial charge in [-0.25, -0.2) is 13.4 Å². The zero-order valence-electron chi connectivity index (χ0n) is 10.1. The summed E-state index contributed by atoms with van der Waals surface area (Å²) in [6.45, 7) is 0. The lowest BCUT2D eigenvalue weighted by atomic mass is 10.3. The van der Waals surface area contributed by atoms with Gasteiger partial charge in [0, 0.05) is 18.1 Å². The van der Waals surface area contributed by atoms with E-state index in [1.807, 2.05) is 0 Å². The van der Waals surface area contributed by atoms with E-state index in [2.05, 4.69) is 15.3 Å². The number of anilines is 3. The Hall–Kier alpha value is -1.86. The summed E-state index contributed by atoms with van der Waals surface area (Å²) < 4.78 is 22.8. The molecule has 0 unspecified atom stereocenters. The maximum Gasteiger partial charge on any atom is 0.229 e. The van der Waals surface area contributed by atoms with Crippen molar-refractivity contribution in [2.45, 2.75) is 4.90 Å². The highest BCUT2D eigenvalue weighted by Crippen LogP contribution is 2.18. The zero-order valence-corrected chi connectivity index (χ0v) is 11.7. The van der Waals surface area contributed by atoms with Gasteiger partial charge in [0.1, 0.15) is 5.82 Å². The van der Waals surface area contributed by atoms with E-state index < -0.39 is 9.84 Å². The number of hydrogen-bond acceptors (Lipinski definition) is 6. The minimum atomic E-state index is -3.23. The quantitative estimate of drug-likeness (QED) is 0.894. The van der Waals surface area contributed by atoms with Gasteiger partial charge in [-0.05, 0) is 24.3 Å². The molecule has 19 heavy (non-hydrogen) atoms. The van der Waals surface area contributed by atoms with Crippen LogP contribution in [0.15, 0.2) is 41.4 Å². The van der Waals surface area contributed by atoms with Gasteiger partial charge in [-0.15, -0.1) is 12.4 Å². The molecule has 0 aliphatic rings. The van der Waals surface area contributed by atoms with Gasteiger partial charge in [0.15, 0.2) is 9.84 Å². The number of rotatable bonds is 3. The fraction of sp³-hybridized carbons (Fsp3) is 0.0909. The Balaban J connectivity index is 0.00000180. The van der Waals surface area contributed by atoms with E-state index in [4.69, 9.17) is 5.73 Å². The molecule has 3 N–H and O–H groups in total. The molecular formula is C11H13ClN4O2S. The molecule has 0 saturated carbocycles. The van der Waals surface area contributed by atoms with Crippen LogP contribution in [0.25, 0.3) is 0 Å². The van der Waals surface area contributed by atoms with Crippen LogP contribution in [-0.2, 0) is 9.84 Å². The maximum absolute atomic E-state index is 11.4. The van der Waals surface area contributed by atoms with Gasteiger partial charge < -0.3 is 11.1 Å². The molecule has 0 aliphatic heterocycles. The van der Waals surface area contributed by atoms with Crippen LogP contribution < -0.4 is 11.1 Å². The Morgan fingerprint density at radius 1 is 1.26 bits per heavy atom. The summed E-state index contributed by atoms with van der Waals surface area (Å²) in [6, 6.07) is 7.98. The van der Waals surface area contributed by atoms with E-state index in [0.717, 1.165) is 6.26 Å². The first kappa shape index (κ1) is 15.2. The highest BCUT2D eigenvalue weighted by atomic mass is 35.5. The highest BCUT2D eigenvalue weighted by Gasteiger charge is 2.07.